The summed E-state index contributed by atoms with van der Waals surface area (Å²) in [5, 5.41) is 6.36. The summed E-state index contributed by atoms with van der Waals surface area (Å²) in [7, 11) is 0. The second kappa shape index (κ2) is 7.93. The molecule has 0 saturated heterocycles. The zero-order valence-electron chi connectivity index (χ0n) is 14.4. The van der Waals surface area contributed by atoms with Gasteiger partial charge in [0.05, 0.1) is 6.04 Å². The van der Waals surface area contributed by atoms with E-state index >= 15 is 0 Å². The molecule has 122 valence electrons. The highest BCUT2D eigenvalue weighted by Crippen LogP contribution is 2.17. The number of carbonyl (C=O) groups is 1. The molecule has 0 heterocycles. The molecule has 3 nitrogen and oxygen atoms in total. The molecule has 0 aliphatic carbocycles. The van der Waals surface area contributed by atoms with Crippen LogP contribution in [0.3, 0.4) is 0 Å². The second-order valence-electron chi connectivity index (χ2n) is 6.17. The fourth-order valence-corrected chi connectivity index (χ4v) is 2.66. The summed E-state index contributed by atoms with van der Waals surface area (Å²) in [4.78, 5) is 12.3. The highest BCUT2D eigenvalue weighted by atomic mass is 16.2. The number of benzene rings is 2. The number of hydrogen-bond acceptors (Lipinski definition) is 2. The largest absolute Gasteiger partial charge is 0.351 e. The van der Waals surface area contributed by atoms with Crippen LogP contribution in [0.15, 0.2) is 48.5 Å². The van der Waals surface area contributed by atoms with E-state index in [2.05, 4.69) is 55.7 Å². The molecule has 2 atom stereocenters. The van der Waals surface area contributed by atoms with Crippen molar-refractivity contribution in [1.29, 1.82) is 0 Å². The topological polar surface area (TPSA) is 41.1 Å². The van der Waals surface area contributed by atoms with Gasteiger partial charge in [0, 0.05) is 12.6 Å². The van der Waals surface area contributed by atoms with Gasteiger partial charge in [0.25, 0.3) is 0 Å². The SMILES string of the molecule is Cc1ccc(CNC(=O)[C@@H](C)N[C@H](C)c2ccccc2C)cc1. The van der Waals surface area contributed by atoms with Crippen molar-refractivity contribution in [2.45, 2.75) is 46.3 Å². The third-order valence-corrected chi connectivity index (χ3v) is 4.14. The van der Waals surface area contributed by atoms with Crippen LogP contribution in [-0.4, -0.2) is 11.9 Å². The molecule has 1 amide bonds. The van der Waals surface area contributed by atoms with Crippen molar-refractivity contribution in [1.82, 2.24) is 10.6 Å². The summed E-state index contributed by atoms with van der Waals surface area (Å²) in [5.74, 6) is 0.0195. The van der Waals surface area contributed by atoms with Gasteiger partial charge in [0.2, 0.25) is 5.91 Å². The Kier molecular flexibility index (Phi) is 5.94. The number of hydrogen-bond donors (Lipinski definition) is 2. The Labute approximate surface area is 139 Å². The van der Waals surface area contributed by atoms with Crippen LogP contribution in [0.25, 0.3) is 0 Å². The van der Waals surface area contributed by atoms with Gasteiger partial charge in [-0.05, 0) is 44.4 Å². The summed E-state index contributed by atoms with van der Waals surface area (Å²) >= 11 is 0. The number of amides is 1. The van der Waals surface area contributed by atoms with Gasteiger partial charge in [-0.2, -0.15) is 0 Å². The average Bonchev–Trinajstić information content (AvgIpc) is 2.54. The van der Waals surface area contributed by atoms with Crippen LogP contribution in [0.2, 0.25) is 0 Å². The van der Waals surface area contributed by atoms with Crippen LogP contribution in [-0.2, 0) is 11.3 Å². The number of rotatable bonds is 6. The van der Waals surface area contributed by atoms with Crippen LogP contribution in [0.5, 0.6) is 0 Å². The van der Waals surface area contributed by atoms with E-state index in [1.165, 1.54) is 16.7 Å². The molecule has 0 aromatic heterocycles. The van der Waals surface area contributed by atoms with Crippen molar-refractivity contribution < 1.29 is 4.79 Å². The van der Waals surface area contributed by atoms with Gasteiger partial charge in [-0.25, -0.2) is 0 Å². The molecule has 0 bridgehead atoms. The molecular formula is C20H26N2O. The van der Waals surface area contributed by atoms with E-state index < -0.39 is 0 Å². The molecule has 0 aliphatic rings. The predicted octanol–water partition coefficient (Wildman–Crippen LogP) is 3.66. The van der Waals surface area contributed by atoms with Crippen molar-refractivity contribution in [3.8, 4) is 0 Å². The van der Waals surface area contributed by atoms with Crippen molar-refractivity contribution >= 4 is 5.91 Å². The van der Waals surface area contributed by atoms with Crippen molar-refractivity contribution in [2.24, 2.45) is 0 Å². The first kappa shape index (κ1) is 17.2. The lowest BCUT2D eigenvalue weighted by Gasteiger charge is -2.21. The molecule has 23 heavy (non-hydrogen) atoms. The molecule has 2 aromatic rings. The summed E-state index contributed by atoms with van der Waals surface area (Å²) in [6.45, 7) is 8.70. The minimum absolute atomic E-state index is 0.0195. The van der Waals surface area contributed by atoms with E-state index in [1.807, 2.05) is 31.2 Å². The molecular weight excluding hydrogens is 284 g/mol. The fourth-order valence-electron chi connectivity index (χ4n) is 2.66. The van der Waals surface area contributed by atoms with Crippen LogP contribution in [0.4, 0.5) is 0 Å². The van der Waals surface area contributed by atoms with Crippen LogP contribution in [0, 0.1) is 13.8 Å². The predicted molar refractivity (Wildman–Crippen MR) is 95.2 cm³/mol. The normalized spacial score (nSPS) is 13.4. The molecule has 0 spiro atoms. The maximum absolute atomic E-state index is 12.3. The van der Waals surface area contributed by atoms with Gasteiger partial charge in [0.1, 0.15) is 0 Å². The lowest BCUT2D eigenvalue weighted by molar-refractivity contribution is -0.123. The Morgan fingerprint density at radius 3 is 2.30 bits per heavy atom. The van der Waals surface area contributed by atoms with E-state index in [0.717, 1.165) is 5.56 Å². The molecule has 2 N–H and O–H groups in total. The Hall–Kier alpha value is -2.13. The zero-order valence-corrected chi connectivity index (χ0v) is 14.4. The van der Waals surface area contributed by atoms with Crippen molar-refractivity contribution in [2.75, 3.05) is 0 Å². The van der Waals surface area contributed by atoms with E-state index in [0.29, 0.717) is 6.54 Å². The number of nitrogens with one attached hydrogen (secondary N) is 2. The second-order valence-corrected chi connectivity index (χ2v) is 6.17. The van der Waals surface area contributed by atoms with Gasteiger partial charge < -0.3 is 5.32 Å². The zero-order chi connectivity index (χ0) is 16.8. The molecule has 3 heteroatoms. The Morgan fingerprint density at radius 1 is 1.00 bits per heavy atom. The van der Waals surface area contributed by atoms with Crippen molar-refractivity contribution in [3.63, 3.8) is 0 Å². The number of aryl methyl sites for hydroxylation is 2. The molecule has 2 rings (SSSR count). The van der Waals surface area contributed by atoms with Crippen molar-refractivity contribution in [3.05, 3.63) is 70.8 Å². The van der Waals surface area contributed by atoms with E-state index in [4.69, 9.17) is 0 Å². The first-order chi connectivity index (χ1) is 11.0. The minimum Gasteiger partial charge on any atom is -0.351 e. The highest BCUT2D eigenvalue weighted by Gasteiger charge is 2.16. The maximum Gasteiger partial charge on any atom is 0.237 e. The van der Waals surface area contributed by atoms with E-state index in [9.17, 15) is 4.79 Å². The van der Waals surface area contributed by atoms with E-state index in [-0.39, 0.29) is 18.0 Å². The number of carbonyl (C=O) groups excluding carboxylic acids is 1. The molecule has 2 aromatic carbocycles. The van der Waals surface area contributed by atoms with Gasteiger partial charge in [-0.3, -0.25) is 10.1 Å². The summed E-state index contributed by atoms with van der Waals surface area (Å²) in [6.07, 6.45) is 0. The first-order valence-corrected chi connectivity index (χ1v) is 8.12. The van der Waals surface area contributed by atoms with Gasteiger partial charge in [-0.15, -0.1) is 0 Å². The average molecular weight is 310 g/mol. The summed E-state index contributed by atoms with van der Waals surface area (Å²) < 4.78 is 0. The maximum atomic E-state index is 12.3. The van der Waals surface area contributed by atoms with E-state index in [1.54, 1.807) is 0 Å². The Balaban J connectivity index is 1.87. The third-order valence-electron chi connectivity index (χ3n) is 4.14. The quantitative estimate of drug-likeness (QED) is 0.855. The lowest BCUT2D eigenvalue weighted by Crippen LogP contribution is -2.42. The van der Waals surface area contributed by atoms with Crippen LogP contribution < -0.4 is 10.6 Å². The molecule has 0 unspecified atom stereocenters. The standard InChI is InChI=1S/C20H26N2O/c1-14-9-11-18(12-10-14)13-21-20(23)17(4)22-16(3)19-8-6-5-7-15(19)2/h5-12,16-17,22H,13H2,1-4H3,(H,21,23)/t16-,17-/m1/s1. The lowest BCUT2D eigenvalue weighted by atomic mass is 10.0. The summed E-state index contributed by atoms with van der Waals surface area (Å²) in [5.41, 5.74) is 4.80. The minimum atomic E-state index is -0.241. The van der Waals surface area contributed by atoms with Crippen LogP contribution in [0.1, 0.15) is 42.1 Å². The molecule has 0 aliphatic heterocycles. The smallest absolute Gasteiger partial charge is 0.237 e. The van der Waals surface area contributed by atoms with Crippen LogP contribution >= 0.6 is 0 Å². The molecule has 0 radical (unpaired) electrons. The van der Waals surface area contributed by atoms with Gasteiger partial charge in [-0.1, -0.05) is 54.1 Å². The molecule has 0 fully saturated rings. The van der Waals surface area contributed by atoms with Gasteiger partial charge >= 0.3 is 0 Å². The Bertz CT molecular complexity index is 649. The Morgan fingerprint density at radius 2 is 1.65 bits per heavy atom. The third kappa shape index (κ3) is 4.93. The molecule has 0 saturated carbocycles. The first-order valence-electron chi connectivity index (χ1n) is 8.12. The summed E-state index contributed by atoms with van der Waals surface area (Å²) in [6, 6.07) is 16.4. The van der Waals surface area contributed by atoms with Gasteiger partial charge in [0.15, 0.2) is 0 Å². The monoisotopic (exact) mass is 310 g/mol. The highest BCUT2D eigenvalue weighted by molar-refractivity contribution is 5.81. The fraction of sp³-hybridized carbons (Fsp3) is 0.350.